The van der Waals surface area contributed by atoms with E-state index in [1.54, 1.807) is 0 Å². The molecule has 0 aromatic heterocycles. The molecule has 0 radical (unpaired) electrons. The summed E-state index contributed by atoms with van der Waals surface area (Å²) in [4.78, 5) is 2.62. The van der Waals surface area contributed by atoms with Gasteiger partial charge in [-0.05, 0) is 25.3 Å². The molecule has 1 spiro atoms. The van der Waals surface area contributed by atoms with Crippen molar-refractivity contribution in [3.05, 3.63) is 42.0 Å². The normalized spacial score (nSPS) is 31.4. The molecule has 1 aliphatic carbocycles. The van der Waals surface area contributed by atoms with Crippen molar-refractivity contribution < 1.29 is 4.74 Å². The molecule has 0 amide bonds. The van der Waals surface area contributed by atoms with Crippen LogP contribution in [0, 0.1) is 0 Å². The number of nitrogens with zero attached hydrogens (tertiary/aromatic N) is 1. The van der Waals surface area contributed by atoms with Gasteiger partial charge in [-0.3, -0.25) is 4.90 Å². The Labute approximate surface area is 108 Å². The Hall–Kier alpha value is -1.28. The number of likely N-dealkylation sites (tertiary alicyclic amines) is 1. The minimum absolute atomic E-state index is 0.175. The summed E-state index contributed by atoms with van der Waals surface area (Å²) in [6.07, 6.45) is 3.82. The maximum Gasteiger partial charge on any atom is 0.123 e. The fourth-order valence-corrected chi connectivity index (χ4v) is 3.62. The maximum atomic E-state index is 5.92. The van der Waals surface area contributed by atoms with Crippen molar-refractivity contribution in [3.8, 4) is 5.75 Å². The number of fused-ring (bicyclic) bond motifs is 2. The first-order valence-corrected chi connectivity index (χ1v) is 6.90. The fraction of sp³-hybridized carbons (Fsp3) is 0.500. The first-order valence-electron chi connectivity index (χ1n) is 6.90. The zero-order valence-corrected chi connectivity index (χ0v) is 10.7. The van der Waals surface area contributed by atoms with Crippen molar-refractivity contribution in [2.45, 2.75) is 30.7 Å². The summed E-state index contributed by atoms with van der Waals surface area (Å²) in [6, 6.07) is 9.35. The Bertz CT molecular complexity index is 506. The lowest BCUT2D eigenvalue weighted by Gasteiger charge is -2.41. The van der Waals surface area contributed by atoms with E-state index >= 15 is 0 Å². The van der Waals surface area contributed by atoms with Crippen LogP contribution < -0.4 is 4.74 Å². The zero-order valence-electron chi connectivity index (χ0n) is 10.7. The minimum Gasteiger partial charge on any atom is -0.492 e. The molecule has 1 saturated carbocycles. The molecule has 2 fully saturated rings. The third-order valence-corrected chi connectivity index (χ3v) is 4.55. The number of piperidine rings is 1. The highest BCUT2D eigenvalue weighted by molar-refractivity contribution is 5.45. The molecule has 0 N–H and O–H groups in total. The molecule has 1 saturated heterocycles. The van der Waals surface area contributed by atoms with Gasteiger partial charge in [0.1, 0.15) is 5.75 Å². The predicted octanol–water partition coefficient (Wildman–Crippen LogP) is 2.74. The van der Waals surface area contributed by atoms with Crippen molar-refractivity contribution in [2.24, 2.45) is 0 Å². The molecule has 2 heterocycles. The highest BCUT2D eigenvalue weighted by Crippen LogP contribution is 2.46. The smallest absolute Gasteiger partial charge is 0.123 e. The van der Waals surface area contributed by atoms with Gasteiger partial charge in [-0.15, -0.1) is 0 Å². The van der Waals surface area contributed by atoms with Crippen molar-refractivity contribution in [2.75, 3.05) is 19.7 Å². The molecule has 2 aliphatic heterocycles. The molecule has 1 aromatic rings. The van der Waals surface area contributed by atoms with Crippen LogP contribution >= 0.6 is 0 Å². The van der Waals surface area contributed by atoms with E-state index in [2.05, 4.69) is 35.7 Å². The Kier molecular flexibility index (Phi) is 2.13. The van der Waals surface area contributed by atoms with Gasteiger partial charge in [0.05, 0.1) is 6.61 Å². The average molecular weight is 241 g/mol. The molecule has 1 atom stereocenters. The summed E-state index contributed by atoms with van der Waals surface area (Å²) < 4.78 is 5.92. The molecule has 1 aromatic carbocycles. The van der Waals surface area contributed by atoms with E-state index in [0.717, 1.165) is 37.9 Å². The Morgan fingerprint density at radius 1 is 1.28 bits per heavy atom. The standard InChI is InChI=1S/C16H19NO/c1-12-8-16(10-17(9-12)13-6-7-13)11-18-15-5-3-2-4-14(15)16/h2-5,13H,1,6-11H2. The van der Waals surface area contributed by atoms with E-state index in [1.807, 2.05) is 0 Å². The molecule has 2 heteroatoms. The van der Waals surface area contributed by atoms with Gasteiger partial charge in [0.25, 0.3) is 0 Å². The van der Waals surface area contributed by atoms with Gasteiger partial charge in [-0.1, -0.05) is 30.4 Å². The molecular formula is C16H19NO. The van der Waals surface area contributed by atoms with E-state index in [9.17, 15) is 0 Å². The number of hydrogen-bond donors (Lipinski definition) is 0. The SMILES string of the molecule is C=C1CN(C2CC2)CC2(COc3ccccc32)C1. The summed E-state index contributed by atoms with van der Waals surface area (Å²) in [5.41, 5.74) is 2.94. The Morgan fingerprint density at radius 3 is 2.94 bits per heavy atom. The van der Waals surface area contributed by atoms with Crippen LogP contribution in [0.3, 0.4) is 0 Å². The number of rotatable bonds is 1. The highest BCUT2D eigenvalue weighted by atomic mass is 16.5. The third kappa shape index (κ3) is 1.52. The van der Waals surface area contributed by atoms with Gasteiger partial charge < -0.3 is 4.74 Å². The van der Waals surface area contributed by atoms with Crippen LogP contribution in [0.25, 0.3) is 0 Å². The van der Waals surface area contributed by atoms with Gasteiger partial charge in [0.2, 0.25) is 0 Å². The lowest BCUT2D eigenvalue weighted by molar-refractivity contribution is 0.147. The van der Waals surface area contributed by atoms with Crippen LogP contribution in [-0.2, 0) is 5.41 Å². The first kappa shape index (κ1) is 10.6. The largest absolute Gasteiger partial charge is 0.492 e. The number of para-hydroxylation sites is 1. The molecule has 3 aliphatic rings. The van der Waals surface area contributed by atoms with E-state index in [-0.39, 0.29) is 5.41 Å². The summed E-state index contributed by atoms with van der Waals surface area (Å²) >= 11 is 0. The highest BCUT2D eigenvalue weighted by Gasteiger charge is 2.47. The quantitative estimate of drug-likeness (QED) is 0.701. The zero-order chi connectivity index (χ0) is 12.2. The second-order valence-corrected chi connectivity index (χ2v) is 6.13. The van der Waals surface area contributed by atoms with Crippen LogP contribution in [-0.4, -0.2) is 30.6 Å². The monoisotopic (exact) mass is 241 g/mol. The topological polar surface area (TPSA) is 12.5 Å². The van der Waals surface area contributed by atoms with Gasteiger partial charge in [-0.2, -0.15) is 0 Å². The molecule has 4 rings (SSSR count). The second kappa shape index (κ2) is 3.61. The van der Waals surface area contributed by atoms with Crippen LogP contribution in [0.2, 0.25) is 0 Å². The third-order valence-electron chi connectivity index (χ3n) is 4.55. The van der Waals surface area contributed by atoms with Crippen LogP contribution in [0.5, 0.6) is 5.75 Å². The van der Waals surface area contributed by atoms with Crippen molar-refractivity contribution >= 4 is 0 Å². The fourth-order valence-electron chi connectivity index (χ4n) is 3.62. The average Bonchev–Trinajstić information content (AvgIpc) is 3.16. The minimum atomic E-state index is 0.175. The van der Waals surface area contributed by atoms with Crippen LogP contribution in [0.15, 0.2) is 36.4 Å². The molecular weight excluding hydrogens is 222 g/mol. The van der Waals surface area contributed by atoms with Gasteiger partial charge in [0.15, 0.2) is 0 Å². The van der Waals surface area contributed by atoms with Crippen LogP contribution in [0.4, 0.5) is 0 Å². The predicted molar refractivity (Wildman–Crippen MR) is 72.0 cm³/mol. The van der Waals surface area contributed by atoms with Crippen molar-refractivity contribution in [1.29, 1.82) is 0 Å². The number of benzene rings is 1. The first-order chi connectivity index (χ1) is 8.77. The Morgan fingerprint density at radius 2 is 2.11 bits per heavy atom. The number of ether oxygens (including phenoxy) is 1. The molecule has 1 unspecified atom stereocenters. The van der Waals surface area contributed by atoms with Crippen molar-refractivity contribution in [1.82, 2.24) is 4.90 Å². The maximum absolute atomic E-state index is 5.92. The lowest BCUT2D eigenvalue weighted by Crippen LogP contribution is -2.48. The Balaban J connectivity index is 1.72. The van der Waals surface area contributed by atoms with E-state index < -0.39 is 0 Å². The van der Waals surface area contributed by atoms with E-state index in [0.29, 0.717) is 0 Å². The van der Waals surface area contributed by atoms with Crippen LogP contribution in [0.1, 0.15) is 24.8 Å². The van der Waals surface area contributed by atoms with E-state index in [4.69, 9.17) is 4.74 Å². The lowest BCUT2D eigenvalue weighted by atomic mass is 9.74. The summed E-state index contributed by atoms with van der Waals surface area (Å²) in [5, 5.41) is 0. The summed E-state index contributed by atoms with van der Waals surface area (Å²) in [6.45, 7) is 7.34. The molecule has 0 bridgehead atoms. The van der Waals surface area contributed by atoms with Gasteiger partial charge >= 0.3 is 0 Å². The molecule has 94 valence electrons. The number of hydrogen-bond acceptors (Lipinski definition) is 2. The van der Waals surface area contributed by atoms with Gasteiger partial charge in [-0.25, -0.2) is 0 Å². The summed E-state index contributed by atoms with van der Waals surface area (Å²) in [7, 11) is 0. The molecule has 18 heavy (non-hydrogen) atoms. The summed E-state index contributed by atoms with van der Waals surface area (Å²) in [5.74, 6) is 1.09. The van der Waals surface area contributed by atoms with Crippen molar-refractivity contribution in [3.63, 3.8) is 0 Å². The van der Waals surface area contributed by atoms with E-state index in [1.165, 1.54) is 24.0 Å². The second-order valence-electron chi connectivity index (χ2n) is 6.13. The van der Waals surface area contributed by atoms with Gasteiger partial charge in [0, 0.05) is 30.1 Å². The molecule has 2 nitrogen and oxygen atoms in total.